The Morgan fingerprint density at radius 1 is 0.816 bits per heavy atom. The number of anilines is 1. The molecule has 0 aliphatic carbocycles. The highest BCUT2D eigenvalue weighted by Gasteiger charge is 2.12. The Morgan fingerprint density at radius 3 is 2.14 bits per heavy atom. The van der Waals surface area contributed by atoms with E-state index >= 15 is 0 Å². The van der Waals surface area contributed by atoms with Crippen molar-refractivity contribution >= 4 is 40.3 Å². The first kappa shape index (κ1) is 37.5. The molecule has 4 rings (SSSR count). The molecule has 0 spiro atoms. The van der Waals surface area contributed by atoms with E-state index in [1.54, 1.807) is 38.6 Å². The van der Waals surface area contributed by atoms with Crippen molar-refractivity contribution in [3.05, 3.63) is 77.6 Å². The maximum Gasteiger partial charge on any atom is 0.252 e. The van der Waals surface area contributed by atoms with Crippen LogP contribution in [-0.2, 0) is 33.2 Å². The first-order valence-electron chi connectivity index (χ1n) is 15.7. The minimum absolute atomic E-state index is 0.122. The third kappa shape index (κ3) is 13.2. The number of methoxy groups -OCH3 is 1. The van der Waals surface area contributed by atoms with Gasteiger partial charge in [0.15, 0.2) is 0 Å². The zero-order valence-electron chi connectivity index (χ0n) is 27.6. The number of hydrogen-bond donors (Lipinski definition) is 3. The molecule has 0 saturated carbocycles. The Hall–Kier alpha value is -4.33. The van der Waals surface area contributed by atoms with Crippen molar-refractivity contribution in [2.75, 3.05) is 92.1 Å². The number of aromatic nitrogens is 3. The Morgan fingerprint density at radius 2 is 1.49 bits per heavy atom. The Bertz CT molecular complexity index is 1670. The van der Waals surface area contributed by atoms with Crippen LogP contribution in [-0.4, -0.2) is 114 Å². The fourth-order valence-corrected chi connectivity index (χ4v) is 5.19. The Kier molecular flexibility index (Phi) is 16.5. The first-order valence-corrected chi connectivity index (χ1v) is 16.5. The van der Waals surface area contributed by atoms with Gasteiger partial charge in [-0.15, -0.1) is 0 Å². The van der Waals surface area contributed by atoms with Crippen LogP contribution in [0.15, 0.2) is 70.6 Å². The van der Waals surface area contributed by atoms with Crippen molar-refractivity contribution in [3.63, 3.8) is 0 Å². The lowest BCUT2D eigenvalue weighted by atomic mass is 10.2. The molecule has 2 heterocycles. The highest BCUT2D eigenvalue weighted by molar-refractivity contribution is 7.99. The second-order valence-electron chi connectivity index (χ2n) is 10.2. The van der Waals surface area contributed by atoms with E-state index in [9.17, 15) is 9.59 Å². The van der Waals surface area contributed by atoms with Crippen LogP contribution < -0.4 is 10.6 Å². The number of fused-ring (bicyclic) bond motifs is 1. The summed E-state index contributed by atoms with van der Waals surface area (Å²) in [6, 6.07) is 16.8. The monoisotopic (exact) mass is 691 g/mol. The van der Waals surface area contributed by atoms with Gasteiger partial charge in [0.25, 0.3) is 11.8 Å². The molecule has 2 aromatic heterocycles. The summed E-state index contributed by atoms with van der Waals surface area (Å²) >= 11 is 1.50. The number of hydrogen-bond acceptors (Lipinski definition) is 11. The molecule has 0 unspecified atom stereocenters. The largest absolute Gasteiger partial charge is 0.382 e. The predicted octanol–water partition coefficient (Wildman–Crippen LogP) is 3.54. The second-order valence-corrected chi connectivity index (χ2v) is 11.3. The van der Waals surface area contributed by atoms with E-state index in [2.05, 4.69) is 37.7 Å². The van der Waals surface area contributed by atoms with E-state index in [0.29, 0.717) is 82.1 Å². The van der Waals surface area contributed by atoms with Gasteiger partial charge in [0.1, 0.15) is 18.1 Å². The SMILES string of the molecule is CNC(=O)c1ccccc1Sc1ccc2c(C#Cc3ccc(NC(=O)COCCOCCOCCOCCOCCOC)nc3)n[nH]c2c1. The third-order valence-electron chi connectivity index (χ3n) is 6.63. The summed E-state index contributed by atoms with van der Waals surface area (Å²) in [4.78, 5) is 30.5. The molecular weight excluding hydrogens is 650 g/mol. The van der Waals surface area contributed by atoms with E-state index in [0.717, 1.165) is 20.7 Å². The number of pyridine rings is 1. The van der Waals surface area contributed by atoms with Crippen molar-refractivity contribution in [1.29, 1.82) is 0 Å². The Labute approximate surface area is 289 Å². The lowest BCUT2D eigenvalue weighted by Gasteiger charge is -2.08. The fraction of sp³-hybridized carbons (Fsp3) is 0.371. The maximum atomic E-state index is 12.2. The summed E-state index contributed by atoms with van der Waals surface area (Å²) in [5, 5.41) is 13.7. The molecule has 0 aliphatic heterocycles. The number of carbonyl (C=O) groups excluding carboxylic acids is 2. The molecule has 2 amide bonds. The van der Waals surface area contributed by atoms with Gasteiger partial charge in [-0.05, 0) is 48.4 Å². The van der Waals surface area contributed by atoms with Gasteiger partial charge in [0.2, 0.25) is 0 Å². The van der Waals surface area contributed by atoms with Gasteiger partial charge in [-0.1, -0.05) is 29.8 Å². The van der Waals surface area contributed by atoms with Gasteiger partial charge < -0.3 is 39.1 Å². The minimum Gasteiger partial charge on any atom is -0.382 e. The van der Waals surface area contributed by atoms with Crippen LogP contribution in [0, 0.1) is 11.8 Å². The normalized spacial score (nSPS) is 10.9. The highest BCUT2D eigenvalue weighted by atomic mass is 32.2. The minimum atomic E-state index is -0.323. The van der Waals surface area contributed by atoms with Crippen LogP contribution in [0.5, 0.6) is 0 Å². The van der Waals surface area contributed by atoms with Crippen molar-refractivity contribution in [1.82, 2.24) is 20.5 Å². The van der Waals surface area contributed by atoms with Crippen LogP contribution in [0.25, 0.3) is 10.9 Å². The van der Waals surface area contributed by atoms with Crippen LogP contribution in [0.3, 0.4) is 0 Å². The van der Waals surface area contributed by atoms with Crippen LogP contribution in [0.1, 0.15) is 21.6 Å². The number of ether oxygens (including phenoxy) is 6. The molecule has 0 atom stereocenters. The van der Waals surface area contributed by atoms with E-state index in [4.69, 9.17) is 28.4 Å². The smallest absolute Gasteiger partial charge is 0.252 e. The predicted molar refractivity (Wildman–Crippen MR) is 185 cm³/mol. The van der Waals surface area contributed by atoms with Gasteiger partial charge in [0.05, 0.1) is 77.1 Å². The number of nitrogens with zero attached hydrogens (tertiary/aromatic N) is 2. The van der Waals surface area contributed by atoms with Gasteiger partial charge in [0, 0.05) is 41.1 Å². The van der Waals surface area contributed by atoms with Crippen molar-refractivity contribution < 1.29 is 38.0 Å². The van der Waals surface area contributed by atoms with Gasteiger partial charge in [-0.25, -0.2) is 4.98 Å². The number of nitrogens with one attached hydrogen (secondary N) is 3. The second kappa shape index (κ2) is 21.6. The number of H-pyrrole nitrogens is 1. The number of carbonyl (C=O) groups is 2. The molecule has 4 aromatic rings. The topological polar surface area (TPSA) is 155 Å². The quantitative estimate of drug-likeness (QED) is 0.0868. The van der Waals surface area contributed by atoms with E-state index < -0.39 is 0 Å². The third-order valence-corrected chi connectivity index (χ3v) is 7.70. The van der Waals surface area contributed by atoms with Crippen molar-refractivity contribution in [2.24, 2.45) is 0 Å². The summed E-state index contributed by atoms with van der Waals surface area (Å²) in [6.45, 7) is 4.48. The van der Waals surface area contributed by atoms with Gasteiger partial charge in [-0.3, -0.25) is 14.7 Å². The molecule has 0 radical (unpaired) electrons. The van der Waals surface area contributed by atoms with Crippen LogP contribution >= 0.6 is 11.8 Å². The van der Waals surface area contributed by atoms with E-state index in [1.807, 2.05) is 36.4 Å². The average Bonchev–Trinajstić information content (AvgIpc) is 3.53. The lowest BCUT2D eigenvalue weighted by molar-refractivity contribution is -0.121. The fourth-order valence-electron chi connectivity index (χ4n) is 4.20. The van der Waals surface area contributed by atoms with Crippen LogP contribution in [0.4, 0.5) is 5.82 Å². The number of aromatic amines is 1. The first-order chi connectivity index (χ1) is 24.1. The molecule has 0 saturated heterocycles. The molecule has 0 fully saturated rings. The van der Waals surface area contributed by atoms with Crippen molar-refractivity contribution in [2.45, 2.75) is 9.79 Å². The molecule has 2 aromatic carbocycles. The highest BCUT2D eigenvalue weighted by Crippen LogP contribution is 2.32. The number of rotatable bonds is 21. The average molecular weight is 692 g/mol. The summed E-state index contributed by atoms with van der Waals surface area (Å²) < 4.78 is 31.8. The van der Waals surface area contributed by atoms with E-state index in [-0.39, 0.29) is 25.0 Å². The molecular formula is C35H41N5O8S. The van der Waals surface area contributed by atoms with Crippen molar-refractivity contribution in [3.8, 4) is 11.8 Å². The van der Waals surface area contributed by atoms with Crippen LogP contribution in [0.2, 0.25) is 0 Å². The van der Waals surface area contributed by atoms with Gasteiger partial charge >= 0.3 is 0 Å². The number of amides is 2. The lowest BCUT2D eigenvalue weighted by Crippen LogP contribution is -2.20. The molecule has 3 N–H and O–H groups in total. The summed E-state index contributed by atoms with van der Waals surface area (Å²) in [5.41, 5.74) is 2.72. The maximum absolute atomic E-state index is 12.2. The molecule has 0 bridgehead atoms. The van der Waals surface area contributed by atoms with E-state index in [1.165, 1.54) is 11.8 Å². The summed E-state index contributed by atoms with van der Waals surface area (Å²) in [7, 11) is 3.25. The number of benzene rings is 2. The van der Waals surface area contributed by atoms with Gasteiger partial charge in [-0.2, -0.15) is 5.10 Å². The zero-order valence-corrected chi connectivity index (χ0v) is 28.4. The standard InChI is InChI=1S/C35H41N5O8S/c1-36-35(42)29-5-3-4-6-32(29)49-27-9-10-28-30(39-40-31(28)23-27)11-7-26-8-12-33(37-24-26)38-34(41)25-48-22-21-47-20-19-46-18-17-45-16-15-44-14-13-43-2/h3-6,8-10,12,23-24H,13-22,25H2,1-2H3,(H,36,42)(H,39,40)(H,37,38,41). The zero-order chi connectivity index (χ0) is 34.5. The molecule has 260 valence electrons. The summed E-state index contributed by atoms with van der Waals surface area (Å²) in [6.07, 6.45) is 1.58. The molecule has 13 nitrogen and oxygen atoms in total. The Balaban J connectivity index is 1.11. The molecule has 14 heteroatoms. The molecule has 0 aliphatic rings. The molecule has 49 heavy (non-hydrogen) atoms. The summed E-state index contributed by atoms with van der Waals surface area (Å²) in [5.74, 6) is 6.09.